The van der Waals surface area contributed by atoms with E-state index in [1.54, 1.807) is 6.07 Å². The van der Waals surface area contributed by atoms with Gasteiger partial charge in [0.2, 0.25) is 0 Å². The fourth-order valence-corrected chi connectivity index (χ4v) is 2.95. The standard InChI is InChI=1S/C16H14BrN3O/c17-14-6-3-7-15-13(14)8-9-20(15)10-11-4-1-2-5-12(11)16(21)19-18/h1-9H,10,18H2,(H,19,21). The summed E-state index contributed by atoms with van der Waals surface area (Å²) in [5, 5.41) is 1.15. The Morgan fingerprint density at radius 1 is 1.14 bits per heavy atom. The third-order valence-corrected chi connectivity index (χ3v) is 4.19. The lowest BCUT2D eigenvalue weighted by Crippen LogP contribution is -2.31. The molecule has 0 unspecified atom stereocenters. The van der Waals surface area contributed by atoms with Crippen molar-refractivity contribution in [2.24, 2.45) is 5.84 Å². The third kappa shape index (κ3) is 2.57. The van der Waals surface area contributed by atoms with Gasteiger partial charge in [0.15, 0.2) is 0 Å². The molecule has 3 aromatic rings. The van der Waals surface area contributed by atoms with Gasteiger partial charge in [-0.1, -0.05) is 40.2 Å². The predicted molar refractivity (Wildman–Crippen MR) is 86.8 cm³/mol. The highest BCUT2D eigenvalue weighted by Crippen LogP contribution is 2.25. The van der Waals surface area contributed by atoms with Crippen LogP contribution in [0.2, 0.25) is 0 Å². The average molecular weight is 344 g/mol. The van der Waals surface area contributed by atoms with E-state index in [-0.39, 0.29) is 5.91 Å². The van der Waals surface area contributed by atoms with E-state index in [1.807, 2.05) is 36.5 Å². The maximum Gasteiger partial charge on any atom is 0.265 e. The Bertz CT molecular complexity index is 810. The van der Waals surface area contributed by atoms with Crippen molar-refractivity contribution >= 4 is 32.7 Å². The van der Waals surface area contributed by atoms with Crippen molar-refractivity contribution in [2.45, 2.75) is 6.54 Å². The molecule has 0 atom stereocenters. The minimum atomic E-state index is -0.275. The number of hydrogen-bond acceptors (Lipinski definition) is 2. The van der Waals surface area contributed by atoms with Gasteiger partial charge in [0.1, 0.15) is 0 Å². The van der Waals surface area contributed by atoms with Gasteiger partial charge in [0, 0.05) is 33.7 Å². The highest BCUT2D eigenvalue weighted by molar-refractivity contribution is 9.10. The van der Waals surface area contributed by atoms with Gasteiger partial charge < -0.3 is 4.57 Å². The molecule has 0 saturated carbocycles. The molecule has 1 aromatic heterocycles. The number of nitrogens with zero attached hydrogens (tertiary/aromatic N) is 1. The van der Waals surface area contributed by atoms with Crippen LogP contribution < -0.4 is 11.3 Å². The molecule has 0 fully saturated rings. The summed E-state index contributed by atoms with van der Waals surface area (Å²) in [7, 11) is 0. The van der Waals surface area contributed by atoms with E-state index in [0.717, 1.165) is 20.9 Å². The summed E-state index contributed by atoms with van der Waals surface area (Å²) in [4.78, 5) is 11.8. The molecule has 0 aliphatic carbocycles. The SMILES string of the molecule is NNC(=O)c1ccccc1Cn1ccc2c(Br)cccc21. The Hall–Kier alpha value is -2.11. The lowest BCUT2D eigenvalue weighted by Gasteiger charge is -2.10. The zero-order valence-corrected chi connectivity index (χ0v) is 12.8. The second kappa shape index (κ2) is 5.71. The second-order valence-electron chi connectivity index (χ2n) is 4.75. The third-order valence-electron chi connectivity index (χ3n) is 3.49. The molecule has 0 spiro atoms. The molecule has 1 amide bonds. The zero-order valence-electron chi connectivity index (χ0n) is 11.2. The van der Waals surface area contributed by atoms with Crippen molar-refractivity contribution < 1.29 is 4.79 Å². The van der Waals surface area contributed by atoms with Gasteiger partial charge in [-0.2, -0.15) is 0 Å². The van der Waals surface area contributed by atoms with E-state index in [1.165, 1.54) is 0 Å². The van der Waals surface area contributed by atoms with Gasteiger partial charge in [0.05, 0.1) is 0 Å². The van der Waals surface area contributed by atoms with Crippen LogP contribution in [0.5, 0.6) is 0 Å². The molecule has 5 heteroatoms. The largest absolute Gasteiger partial charge is 0.343 e. The lowest BCUT2D eigenvalue weighted by atomic mass is 10.1. The number of nitrogen functional groups attached to an aromatic ring is 1. The normalized spacial score (nSPS) is 10.8. The van der Waals surface area contributed by atoms with E-state index in [0.29, 0.717) is 12.1 Å². The Balaban J connectivity index is 2.04. The minimum absolute atomic E-state index is 0.275. The number of carbonyl (C=O) groups is 1. The molecule has 2 aromatic carbocycles. The van der Waals surface area contributed by atoms with E-state index in [4.69, 9.17) is 5.84 Å². The highest BCUT2D eigenvalue weighted by Gasteiger charge is 2.11. The van der Waals surface area contributed by atoms with Crippen LogP contribution in [0.4, 0.5) is 0 Å². The molecule has 0 bridgehead atoms. The van der Waals surface area contributed by atoms with Gasteiger partial charge in [-0.3, -0.25) is 10.2 Å². The van der Waals surface area contributed by atoms with Crippen molar-refractivity contribution in [3.63, 3.8) is 0 Å². The van der Waals surface area contributed by atoms with E-state index in [9.17, 15) is 4.79 Å². The maximum absolute atomic E-state index is 11.8. The average Bonchev–Trinajstić information content (AvgIpc) is 2.92. The predicted octanol–water partition coefficient (Wildman–Crippen LogP) is 3.06. The number of fused-ring (bicyclic) bond motifs is 1. The van der Waals surface area contributed by atoms with E-state index < -0.39 is 0 Å². The van der Waals surface area contributed by atoms with Crippen molar-refractivity contribution in [3.05, 3.63) is 70.3 Å². The molecule has 3 N–H and O–H groups in total. The van der Waals surface area contributed by atoms with Crippen molar-refractivity contribution in [3.8, 4) is 0 Å². The van der Waals surface area contributed by atoms with Gasteiger partial charge in [-0.25, -0.2) is 5.84 Å². The van der Waals surface area contributed by atoms with Crippen molar-refractivity contribution in [1.82, 2.24) is 9.99 Å². The maximum atomic E-state index is 11.8. The van der Waals surface area contributed by atoms with Crippen LogP contribution in [-0.2, 0) is 6.54 Å². The van der Waals surface area contributed by atoms with Crippen molar-refractivity contribution in [1.29, 1.82) is 0 Å². The van der Waals surface area contributed by atoms with Crippen LogP contribution in [0.15, 0.2) is 59.2 Å². The number of amides is 1. The van der Waals surface area contributed by atoms with E-state index in [2.05, 4.69) is 38.1 Å². The topological polar surface area (TPSA) is 60.0 Å². The van der Waals surface area contributed by atoms with Crippen LogP contribution in [0.3, 0.4) is 0 Å². The lowest BCUT2D eigenvalue weighted by molar-refractivity contribution is 0.0952. The number of nitrogens with one attached hydrogen (secondary N) is 1. The summed E-state index contributed by atoms with van der Waals surface area (Å²) in [5.41, 5.74) is 4.83. The van der Waals surface area contributed by atoms with Gasteiger partial charge in [-0.05, 0) is 29.8 Å². The molecule has 1 heterocycles. The Labute approximate surface area is 130 Å². The Morgan fingerprint density at radius 3 is 2.76 bits per heavy atom. The van der Waals surface area contributed by atoms with Crippen LogP contribution >= 0.6 is 15.9 Å². The fourth-order valence-electron chi connectivity index (χ4n) is 2.46. The summed E-state index contributed by atoms with van der Waals surface area (Å²) in [6.07, 6.45) is 2.02. The quantitative estimate of drug-likeness (QED) is 0.436. The first-order valence-electron chi connectivity index (χ1n) is 6.53. The number of aromatic nitrogens is 1. The molecular formula is C16H14BrN3O. The monoisotopic (exact) mass is 343 g/mol. The van der Waals surface area contributed by atoms with Crippen molar-refractivity contribution in [2.75, 3.05) is 0 Å². The van der Waals surface area contributed by atoms with Crippen LogP contribution in [0.25, 0.3) is 10.9 Å². The number of nitrogens with two attached hydrogens (primary N) is 1. The summed E-state index contributed by atoms with van der Waals surface area (Å²) in [6.45, 7) is 0.615. The number of halogens is 1. The molecule has 3 rings (SSSR count). The minimum Gasteiger partial charge on any atom is -0.343 e. The van der Waals surface area contributed by atoms with Gasteiger partial charge in [0.25, 0.3) is 5.91 Å². The molecule has 0 aliphatic rings. The van der Waals surface area contributed by atoms with E-state index >= 15 is 0 Å². The summed E-state index contributed by atoms with van der Waals surface area (Å²) in [5.74, 6) is 4.97. The molecule has 0 radical (unpaired) electrons. The number of rotatable bonds is 3. The summed E-state index contributed by atoms with van der Waals surface area (Å²) < 4.78 is 3.18. The zero-order chi connectivity index (χ0) is 14.8. The molecule has 0 saturated heterocycles. The number of benzene rings is 2. The molecule has 0 aliphatic heterocycles. The molecule has 4 nitrogen and oxygen atoms in total. The fraction of sp³-hybridized carbons (Fsp3) is 0.0625. The van der Waals surface area contributed by atoms with Crippen LogP contribution in [0, 0.1) is 0 Å². The smallest absolute Gasteiger partial charge is 0.265 e. The first-order valence-corrected chi connectivity index (χ1v) is 7.32. The second-order valence-corrected chi connectivity index (χ2v) is 5.60. The number of hydrazine groups is 1. The first kappa shape index (κ1) is 13.9. The van der Waals surface area contributed by atoms with Crippen LogP contribution in [0.1, 0.15) is 15.9 Å². The highest BCUT2D eigenvalue weighted by atomic mass is 79.9. The Kier molecular flexibility index (Phi) is 3.77. The van der Waals surface area contributed by atoms with Gasteiger partial charge >= 0.3 is 0 Å². The number of hydrogen-bond donors (Lipinski definition) is 2. The summed E-state index contributed by atoms with van der Waals surface area (Å²) in [6, 6.07) is 15.6. The molecule has 106 valence electrons. The van der Waals surface area contributed by atoms with Gasteiger partial charge in [-0.15, -0.1) is 0 Å². The first-order chi connectivity index (χ1) is 10.2. The molecular weight excluding hydrogens is 330 g/mol. The summed E-state index contributed by atoms with van der Waals surface area (Å²) >= 11 is 3.55. The van der Waals surface area contributed by atoms with Crippen LogP contribution in [-0.4, -0.2) is 10.5 Å². The molecule has 21 heavy (non-hydrogen) atoms. The Morgan fingerprint density at radius 2 is 1.95 bits per heavy atom. The number of carbonyl (C=O) groups excluding carboxylic acids is 1.